The van der Waals surface area contributed by atoms with Gasteiger partial charge in [0.15, 0.2) is 0 Å². The van der Waals surface area contributed by atoms with Crippen molar-refractivity contribution in [3.05, 3.63) is 10.1 Å². The first-order valence-corrected chi connectivity index (χ1v) is 5.12. The third kappa shape index (κ3) is 2.54. The minimum Gasteiger partial charge on any atom is -0.384 e. The van der Waals surface area contributed by atoms with E-state index >= 15 is 0 Å². The third-order valence-electron chi connectivity index (χ3n) is 2.22. The maximum Gasteiger partial charge on any atom is 0.251 e. The highest BCUT2D eigenvalue weighted by atomic mass is 79.9. The van der Waals surface area contributed by atoms with Crippen molar-refractivity contribution in [1.82, 2.24) is 4.90 Å². The van der Waals surface area contributed by atoms with Crippen LogP contribution in [0.3, 0.4) is 0 Å². The maximum absolute atomic E-state index is 11.4. The smallest absolute Gasteiger partial charge is 0.251 e. The number of hydrogen-bond acceptors (Lipinski definition) is 2. The molecule has 0 bridgehead atoms. The van der Waals surface area contributed by atoms with Gasteiger partial charge in [-0.2, -0.15) is 0 Å². The van der Waals surface area contributed by atoms with Crippen molar-refractivity contribution >= 4 is 21.8 Å². The van der Waals surface area contributed by atoms with Gasteiger partial charge in [0.05, 0.1) is 6.54 Å². The molecular formula is C9H14BrNO2. The Morgan fingerprint density at radius 1 is 1.69 bits per heavy atom. The summed E-state index contributed by atoms with van der Waals surface area (Å²) in [6, 6.07) is 0. The van der Waals surface area contributed by atoms with E-state index < -0.39 is 6.10 Å². The first-order chi connectivity index (χ1) is 6.02. The zero-order chi connectivity index (χ0) is 10.0. The molecule has 1 amide bonds. The van der Waals surface area contributed by atoms with Crippen molar-refractivity contribution in [2.24, 2.45) is 0 Å². The second-order valence-corrected chi connectivity index (χ2v) is 4.33. The molecule has 4 heteroatoms. The number of rotatable bonds is 1. The van der Waals surface area contributed by atoms with Crippen molar-refractivity contribution in [1.29, 1.82) is 0 Å². The lowest BCUT2D eigenvalue weighted by Gasteiger charge is -2.28. The second kappa shape index (κ2) is 4.24. The molecule has 0 unspecified atom stereocenters. The van der Waals surface area contributed by atoms with Crippen molar-refractivity contribution in [2.75, 3.05) is 13.1 Å². The van der Waals surface area contributed by atoms with E-state index in [1.165, 1.54) is 12.5 Å². The zero-order valence-electron chi connectivity index (χ0n) is 7.88. The molecule has 0 saturated heterocycles. The Balaban J connectivity index is 2.63. The summed E-state index contributed by atoms with van der Waals surface area (Å²) in [7, 11) is 0. The molecule has 0 spiro atoms. The van der Waals surface area contributed by atoms with E-state index in [1.807, 2.05) is 6.92 Å². The maximum atomic E-state index is 11.4. The lowest BCUT2D eigenvalue weighted by molar-refractivity contribution is -0.138. The van der Waals surface area contributed by atoms with E-state index in [-0.39, 0.29) is 5.91 Å². The molecule has 0 aromatic heterocycles. The number of nitrogens with zero attached hydrogens (tertiary/aromatic N) is 1. The van der Waals surface area contributed by atoms with Gasteiger partial charge in [-0.3, -0.25) is 4.79 Å². The third-order valence-corrected chi connectivity index (χ3v) is 3.15. The van der Waals surface area contributed by atoms with Gasteiger partial charge in [-0.05, 0) is 20.3 Å². The van der Waals surface area contributed by atoms with E-state index in [4.69, 9.17) is 5.11 Å². The summed E-state index contributed by atoms with van der Waals surface area (Å²) in [4.78, 5) is 13.1. The second-order valence-electron chi connectivity index (χ2n) is 3.37. The number of aliphatic hydroxyl groups is 1. The topological polar surface area (TPSA) is 40.5 Å². The molecule has 1 N–H and O–H groups in total. The summed E-state index contributed by atoms with van der Waals surface area (Å²) in [5.74, 6) is -0.190. The lowest BCUT2D eigenvalue weighted by atomic mass is 10.1. The van der Waals surface area contributed by atoms with Crippen LogP contribution in [0.5, 0.6) is 0 Å². The Bertz CT molecular complexity index is 248. The molecular weight excluding hydrogens is 234 g/mol. The minimum absolute atomic E-state index is 0.190. The Hall–Kier alpha value is -0.350. The van der Waals surface area contributed by atoms with E-state index in [2.05, 4.69) is 15.9 Å². The van der Waals surface area contributed by atoms with E-state index in [1.54, 1.807) is 4.90 Å². The highest BCUT2D eigenvalue weighted by Crippen LogP contribution is 2.22. The van der Waals surface area contributed by atoms with E-state index in [0.29, 0.717) is 13.1 Å². The number of aliphatic hydroxyl groups excluding tert-OH is 1. The van der Waals surface area contributed by atoms with E-state index in [0.717, 1.165) is 10.9 Å². The lowest BCUT2D eigenvalue weighted by Crippen LogP contribution is -2.41. The number of halogens is 1. The molecule has 3 nitrogen and oxygen atoms in total. The molecule has 1 atom stereocenters. The van der Waals surface area contributed by atoms with Gasteiger partial charge in [0.1, 0.15) is 6.10 Å². The van der Waals surface area contributed by atoms with Crippen LogP contribution in [0.4, 0.5) is 0 Å². The van der Waals surface area contributed by atoms with Crippen molar-refractivity contribution in [3.63, 3.8) is 0 Å². The molecule has 0 saturated carbocycles. The monoisotopic (exact) mass is 247 g/mol. The molecule has 0 fully saturated rings. The van der Waals surface area contributed by atoms with Gasteiger partial charge in [-0.1, -0.05) is 21.5 Å². The number of amides is 1. The Morgan fingerprint density at radius 3 is 2.77 bits per heavy atom. The molecule has 13 heavy (non-hydrogen) atoms. The van der Waals surface area contributed by atoms with Crippen molar-refractivity contribution in [2.45, 2.75) is 26.4 Å². The highest BCUT2D eigenvalue weighted by molar-refractivity contribution is 9.11. The molecule has 0 radical (unpaired) electrons. The fourth-order valence-electron chi connectivity index (χ4n) is 1.27. The molecule has 0 aliphatic carbocycles. The quantitative estimate of drug-likeness (QED) is 0.759. The van der Waals surface area contributed by atoms with Crippen LogP contribution < -0.4 is 0 Å². The SMILES string of the molecule is CC1=C(Br)CN(C(=O)[C@H](C)O)CC1. The van der Waals surface area contributed by atoms with Gasteiger partial charge in [0, 0.05) is 11.0 Å². The predicted molar refractivity (Wildman–Crippen MR) is 54.5 cm³/mol. The van der Waals surface area contributed by atoms with Crippen LogP contribution in [0.25, 0.3) is 0 Å². The van der Waals surface area contributed by atoms with Crippen molar-refractivity contribution < 1.29 is 9.90 Å². The molecule has 74 valence electrons. The Labute approximate surface area is 86.5 Å². The summed E-state index contributed by atoms with van der Waals surface area (Å²) in [5, 5.41) is 9.10. The fraction of sp³-hybridized carbons (Fsp3) is 0.667. The molecule has 1 aliphatic rings. The van der Waals surface area contributed by atoms with Crippen LogP contribution in [-0.4, -0.2) is 35.1 Å². The van der Waals surface area contributed by atoms with Crippen molar-refractivity contribution in [3.8, 4) is 0 Å². The Kier molecular flexibility index (Phi) is 3.50. The summed E-state index contributed by atoms with van der Waals surface area (Å²) in [6.45, 7) is 4.86. The highest BCUT2D eigenvalue weighted by Gasteiger charge is 2.22. The standard InChI is InChI=1S/C9H14BrNO2/c1-6-3-4-11(5-8(6)10)9(13)7(2)12/h7,12H,3-5H2,1-2H3/t7-/m0/s1. The normalized spacial score (nSPS) is 20.5. The molecule has 1 heterocycles. The average Bonchev–Trinajstić information content (AvgIpc) is 2.08. The van der Waals surface area contributed by atoms with Gasteiger partial charge in [-0.25, -0.2) is 0 Å². The number of carbonyl (C=O) groups is 1. The Morgan fingerprint density at radius 2 is 2.31 bits per heavy atom. The van der Waals surface area contributed by atoms with Gasteiger partial charge in [-0.15, -0.1) is 0 Å². The minimum atomic E-state index is -0.890. The van der Waals surface area contributed by atoms with Crippen LogP contribution in [0.2, 0.25) is 0 Å². The number of carbonyl (C=O) groups excluding carboxylic acids is 1. The predicted octanol–water partition coefficient (Wildman–Crippen LogP) is 1.27. The van der Waals surface area contributed by atoms with Crippen LogP contribution >= 0.6 is 15.9 Å². The zero-order valence-corrected chi connectivity index (χ0v) is 9.47. The molecule has 1 rings (SSSR count). The summed E-state index contributed by atoms with van der Waals surface area (Å²) in [5.41, 5.74) is 1.29. The van der Waals surface area contributed by atoms with E-state index in [9.17, 15) is 4.79 Å². The van der Waals surface area contributed by atoms with Gasteiger partial charge >= 0.3 is 0 Å². The van der Waals surface area contributed by atoms with Crippen LogP contribution in [-0.2, 0) is 4.79 Å². The molecule has 0 aromatic rings. The van der Waals surface area contributed by atoms with Crippen LogP contribution in [0, 0.1) is 0 Å². The average molecular weight is 248 g/mol. The summed E-state index contributed by atoms with van der Waals surface area (Å²) < 4.78 is 1.06. The molecule has 0 aromatic carbocycles. The fourth-order valence-corrected chi connectivity index (χ4v) is 1.77. The first kappa shape index (κ1) is 10.7. The summed E-state index contributed by atoms with van der Waals surface area (Å²) in [6.07, 6.45) is -0.00215. The first-order valence-electron chi connectivity index (χ1n) is 4.33. The van der Waals surface area contributed by atoms with Gasteiger partial charge in [0.2, 0.25) is 0 Å². The summed E-state index contributed by atoms with van der Waals surface area (Å²) >= 11 is 3.42. The molecule has 1 aliphatic heterocycles. The number of hydrogen-bond donors (Lipinski definition) is 1. The van der Waals surface area contributed by atoms with Gasteiger partial charge < -0.3 is 10.0 Å². The van der Waals surface area contributed by atoms with Gasteiger partial charge in [0.25, 0.3) is 5.91 Å². The van der Waals surface area contributed by atoms with Crippen LogP contribution in [0.1, 0.15) is 20.3 Å². The van der Waals surface area contributed by atoms with Crippen LogP contribution in [0.15, 0.2) is 10.1 Å². The largest absolute Gasteiger partial charge is 0.384 e.